The summed E-state index contributed by atoms with van der Waals surface area (Å²) in [5, 5.41) is 4.86. The average molecular weight is 399 g/mol. The molecule has 0 atom stereocenters. The van der Waals surface area contributed by atoms with Gasteiger partial charge in [-0.15, -0.1) is 0 Å². The van der Waals surface area contributed by atoms with Gasteiger partial charge >= 0.3 is 0 Å². The Morgan fingerprint density at radius 1 is 1.21 bits per heavy atom. The fraction of sp³-hybridized carbons (Fsp3) is 0.571. The normalized spacial score (nSPS) is 17.0. The second kappa shape index (κ2) is 7.44. The van der Waals surface area contributed by atoms with Gasteiger partial charge in [-0.2, -0.15) is 0 Å². The van der Waals surface area contributed by atoms with Crippen LogP contribution in [-0.2, 0) is 17.6 Å². The molecule has 0 aromatic carbocycles. The quantitative estimate of drug-likeness (QED) is 0.713. The maximum atomic E-state index is 5.57. The topological polar surface area (TPSA) is 64.4 Å². The van der Waals surface area contributed by atoms with Crippen molar-refractivity contribution < 1.29 is 9.72 Å². The highest BCUT2D eigenvalue weighted by Crippen LogP contribution is 2.41. The second-order valence-electron chi connectivity index (χ2n) is 8.20. The minimum atomic E-state index is 0.680. The molecule has 1 aliphatic carbocycles. The number of nitrogens with zero attached hydrogens (tertiary/aromatic N) is 3. The molecule has 0 radical (unpaired) electrons. The zero-order chi connectivity index (χ0) is 19.1. The molecule has 3 aromatic rings. The Bertz CT molecular complexity index is 1010. The van der Waals surface area contributed by atoms with Crippen molar-refractivity contribution in [2.45, 2.75) is 39.5 Å². The van der Waals surface area contributed by atoms with Crippen LogP contribution in [0.5, 0.6) is 0 Å². The smallest absolute Gasteiger partial charge is 0.279 e. The number of aromatic amines is 1. The van der Waals surface area contributed by atoms with Crippen LogP contribution >= 0.6 is 11.3 Å². The molecule has 0 saturated carbocycles. The standard InChI is InChI=1S/C21H27N5OS/c1-13(2)6-7-22-19-18-17(23-12-24-19)16-14-4-3-5-15(14)20(25-21(16)28-18)26-8-10-27-11-9-26/h12-13H,3-11H2,1-2H3,(H,22,23,24)/p+1. The van der Waals surface area contributed by atoms with Crippen molar-refractivity contribution in [3.05, 3.63) is 17.5 Å². The molecule has 148 valence electrons. The number of nitrogens with one attached hydrogen (secondary N) is 2. The van der Waals surface area contributed by atoms with Crippen molar-refractivity contribution in [1.82, 2.24) is 9.97 Å². The number of anilines is 2. The molecule has 0 spiro atoms. The summed E-state index contributed by atoms with van der Waals surface area (Å²) in [5.41, 5.74) is 4.08. The van der Waals surface area contributed by atoms with E-state index in [1.807, 2.05) is 0 Å². The lowest BCUT2D eigenvalue weighted by atomic mass is 10.1. The number of ether oxygens (including phenoxy) is 1. The number of pyridine rings is 1. The van der Waals surface area contributed by atoms with Crippen LogP contribution < -0.4 is 15.2 Å². The van der Waals surface area contributed by atoms with E-state index < -0.39 is 0 Å². The van der Waals surface area contributed by atoms with Crippen LogP contribution in [0.3, 0.4) is 0 Å². The molecule has 7 heteroatoms. The first-order chi connectivity index (χ1) is 13.7. The minimum absolute atomic E-state index is 0.680. The van der Waals surface area contributed by atoms with E-state index in [0.29, 0.717) is 5.92 Å². The molecule has 1 fully saturated rings. The van der Waals surface area contributed by atoms with E-state index in [9.17, 15) is 0 Å². The van der Waals surface area contributed by atoms with Gasteiger partial charge in [-0.25, -0.2) is 15.0 Å². The van der Waals surface area contributed by atoms with Crippen LogP contribution in [-0.4, -0.2) is 42.8 Å². The van der Waals surface area contributed by atoms with E-state index in [4.69, 9.17) is 9.72 Å². The highest BCUT2D eigenvalue weighted by molar-refractivity contribution is 7.25. The minimum Gasteiger partial charge on any atom is -0.373 e. The highest BCUT2D eigenvalue weighted by Gasteiger charge is 2.31. The fourth-order valence-electron chi connectivity index (χ4n) is 4.40. The van der Waals surface area contributed by atoms with Gasteiger partial charge in [-0.1, -0.05) is 25.2 Å². The Kier molecular flexibility index (Phi) is 4.80. The molecular formula is C21H28N5OS+. The van der Waals surface area contributed by atoms with Gasteiger partial charge in [-0.05, 0) is 37.2 Å². The molecular weight excluding hydrogens is 370 g/mol. The number of aryl methyl sites for hydroxylation is 1. The summed E-state index contributed by atoms with van der Waals surface area (Å²) in [6, 6.07) is 0. The number of thiophene rings is 1. The Hall–Kier alpha value is -1.99. The molecule has 2 N–H and O–H groups in total. The van der Waals surface area contributed by atoms with Gasteiger partial charge in [-0.3, -0.25) is 4.90 Å². The third-order valence-electron chi connectivity index (χ3n) is 5.85. The second-order valence-corrected chi connectivity index (χ2v) is 9.22. The lowest BCUT2D eigenvalue weighted by Gasteiger charge is -2.23. The molecule has 6 nitrogen and oxygen atoms in total. The fourth-order valence-corrected chi connectivity index (χ4v) is 5.55. The summed E-state index contributed by atoms with van der Waals surface area (Å²) in [6.45, 7) is 8.98. The van der Waals surface area contributed by atoms with Gasteiger partial charge in [0.25, 0.3) is 5.82 Å². The predicted molar refractivity (Wildman–Crippen MR) is 114 cm³/mol. The number of hydrogen-bond acceptors (Lipinski definition) is 6. The van der Waals surface area contributed by atoms with E-state index in [0.717, 1.165) is 63.4 Å². The summed E-state index contributed by atoms with van der Waals surface area (Å²) in [5.74, 6) is 2.96. The summed E-state index contributed by atoms with van der Waals surface area (Å²) < 4.78 is 6.74. The third kappa shape index (κ3) is 3.10. The van der Waals surface area contributed by atoms with Crippen molar-refractivity contribution in [2.24, 2.45) is 5.92 Å². The SMILES string of the molecule is CC(C)CCNc1ncnc2c1sc1[nH+]c(N3CCOCC3)c3c(c12)CCC3. The van der Waals surface area contributed by atoms with Gasteiger partial charge in [0.05, 0.1) is 24.1 Å². The van der Waals surface area contributed by atoms with Gasteiger partial charge in [0, 0.05) is 12.1 Å². The largest absolute Gasteiger partial charge is 0.373 e. The van der Waals surface area contributed by atoms with Crippen molar-refractivity contribution in [3.63, 3.8) is 0 Å². The number of H-pyrrole nitrogens is 1. The van der Waals surface area contributed by atoms with Crippen LogP contribution in [0.1, 0.15) is 37.8 Å². The van der Waals surface area contributed by atoms with Gasteiger partial charge in [0.15, 0.2) is 4.83 Å². The van der Waals surface area contributed by atoms with E-state index >= 15 is 0 Å². The maximum Gasteiger partial charge on any atom is 0.279 e. The molecule has 1 saturated heterocycles. The first-order valence-corrected chi connectivity index (χ1v) is 11.2. The van der Waals surface area contributed by atoms with Crippen LogP contribution in [0.25, 0.3) is 20.4 Å². The first-order valence-electron chi connectivity index (χ1n) is 10.4. The molecule has 2 aliphatic rings. The van der Waals surface area contributed by atoms with Crippen molar-refractivity contribution in [3.8, 4) is 0 Å². The van der Waals surface area contributed by atoms with E-state index in [-0.39, 0.29) is 0 Å². The van der Waals surface area contributed by atoms with Crippen molar-refractivity contribution >= 4 is 43.4 Å². The van der Waals surface area contributed by atoms with Gasteiger partial charge in [0.1, 0.15) is 29.9 Å². The third-order valence-corrected chi connectivity index (χ3v) is 6.95. The Labute approximate surface area is 169 Å². The van der Waals surface area contributed by atoms with E-state index in [2.05, 4.69) is 34.0 Å². The maximum absolute atomic E-state index is 5.57. The zero-order valence-electron chi connectivity index (χ0n) is 16.7. The number of morpholine rings is 1. The predicted octanol–water partition coefficient (Wildman–Crippen LogP) is 3.44. The number of hydrogen-bond donors (Lipinski definition) is 1. The molecule has 3 aromatic heterocycles. The van der Waals surface area contributed by atoms with E-state index in [1.54, 1.807) is 17.7 Å². The van der Waals surface area contributed by atoms with Crippen LogP contribution in [0.2, 0.25) is 0 Å². The molecule has 28 heavy (non-hydrogen) atoms. The number of aromatic nitrogens is 3. The molecule has 0 unspecified atom stereocenters. The van der Waals surface area contributed by atoms with Crippen LogP contribution in [0, 0.1) is 5.92 Å². The molecule has 0 bridgehead atoms. The lowest BCUT2D eigenvalue weighted by Crippen LogP contribution is -2.40. The van der Waals surface area contributed by atoms with Crippen molar-refractivity contribution in [1.29, 1.82) is 0 Å². The van der Waals surface area contributed by atoms with E-state index in [1.165, 1.54) is 38.3 Å². The summed E-state index contributed by atoms with van der Waals surface area (Å²) in [7, 11) is 0. The van der Waals surface area contributed by atoms with Crippen LogP contribution in [0.4, 0.5) is 11.6 Å². The summed E-state index contributed by atoms with van der Waals surface area (Å²) >= 11 is 1.79. The first kappa shape index (κ1) is 18.1. The summed E-state index contributed by atoms with van der Waals surface area (Å²) in [4.78, 5) is 16.7. The van der Waals surface area contributed by atoms with Gasteiger partial charge in [0.2, 0.25) is 0 Å². The Balaban J connectivity index is 1.62. The highest BCUT2D eigenvalue weighted by atomic mass is 32.1. The summed E-state index contributed by atoms with van der Waals surface area (Å²) in [6.07, 6.45) is 6.37. The monoisotopic (exact) mass is 398 g/mol. The molecule has 4 heterocycles. The van der Waals surface area contributed by atoms with Gasteiger partial charge < -0.3 is 10.1 Å². The number of fused-ring (bicyclic) bond motifs is 5. The molecule has 0 amide bonds. The molecule has 5 rings (SSSR count). The number of rotatable bonds is 5. The Morgan fingerprint density at radius 2 is 2.04 bits per heavy atom. The average Bonchev–Trinajstić information content (AvgIpc) is 3.32. The van der Waals surface area contributed by atoms with Crippen LogP contribution in [0.15, 0.2) is 6.33 Å². The molecule has 1 aliphatic heterocycles. The zero-order valence-corrected chi connectivity index (χ0v) is 17.5. The van der Waals surface area contributed by atoms with Crippen molar-refractivity contribution in [2.75, 3.05) is 43.1 Å². The lowest BCUT2D eigenvalue weighted by molar-refractivity contribution is -0.328. The Morgan fingerprint density at radius 3 is 2.86 bits per heavy atom.